The Morgan fingerprint density at radius 2 is 1.90 bits per heavy atom. The number of benzene rings is 2. The summed E-state index contributed by atoms with van der Waals surface area (Å²) in [4.78, 5) is 0. The van der Waals surface area contributed by atoms with Gasteiger partial charge in [-0.15, -0.1) is 0 Å². The number of hydrogen-bond donors (Lipinski definition) is 1. The van der Waals surface area contributed by atoms with Crippen LogP contribution in [0.1, 0.15) is 16.7 Å². The summed E-state index contributed by atoms with van der Waals surface area (Å²) < 4.78 is 5.73. The third-order valence-corrected chi connectivity index (χ3v) is 2.81. The standard InChI is InChI=1S/C17H13NOS/c18-12-16-9-8-14(7-4-10-20)11-17(16)19-13-15-5-2-1-3-6-15/h1-3,5-6,8-9,11,20H,10,13H2. The van der Waals surface area contributed by atoms with Crippen molar-refractivity contribution in [3.63, 3.8) is 0 Å². The van der Waals surface area contributed by atoms with Crippen molar-refractivity contribution in [2.24, 2.45) is 0 Å². The quantitative estimate of drug-likeness (QED) is 0.690. The van der Waals surface area contributed by atoms with Crippen molar-refractivity contribution >= 4 is 12.6 Å². The number of nitrogens with zero attached hydrogens (tertiary/aromatic N) is 1. The molecule has 2 aromatic carbocycles. The van der Waals surface area contributed by atoms with Crippen LogP contribution >= 0.6 is 12.6 Å². The average molecular weight is 279 g/mol. The van der Waals surface area contributed by atoms with Gasteiger partial charge in [-0.1, -0.05) is 42.2 Å². The van der Waals surface area contributed by atoms with Gasteiger partial charge in [0, 0.05) is 5.56 Å². The van der Waals surface area contributed by atoms with Crippen LogP contribution in [0, 0.1) is 23.2 Å². The molecule has 0 unspecified atom stereocenters. The van der Waals surface area contributed by atoms with Crippen molar-refractivity contribution < 1.29 is 4.74 Å². The van der Waals surface area contributed by atoms with E-state index in [1.807, 2.05) is 36.4 Å². The minimum absolute atomic E-state index is 0.430. The summed E-state index contributed by atoms with van der Waals surface area (Å²) in [6, 6.07) is 17.3. The summed E-state index contributed by atoms with van der Waals surface area (Å²) in [5.74, 6) is 6.91. The SMILES string of the molecule is N#Cc1ccc(C#CCS)cc1OCc1ccccc1. The normalized spacial score (nSPS) is 9.20. The zero-order valence-electron chi connectivity index (χ0n) is 10.8. The highest BCUT2D eigenvalue weighted by molar-refractivity contribution is 7.80. The number of hydrogen-bond acceptors (Lipinski definition) is 3. The van der Waals surface area contributed by atoms with Crippen molar-refractivity contribution in [2.75, 3.05) is 5.75 Å². The lowest BCUT2D eigenvalue weighted by Crippen LogP contribution is -1.97. The lowest BCUT2D eigenvalue weighted by molar-refractivity contribution is 0.305. The van der Waals surface area contributed by atoms with E-state index in [-0.39, 0.29) is 0 Å². The van der Waals surface area contributed by atoms with Crippen molar-refractivity contribution in [1.29, 1.82) is 5.26 Å². The number of thiol groups is 1. The minimum Gasteiger partial charge on any atom is -0.487 e. The first-order valence-corrected chi connectivity index (χ1v) is 6.77. The molecule has 0 aliphatic heterocycles. The molecule has 0 saturated heterocycles. The molecule has 2 rings (SSSR count). The van der Waals surface area contributed by atoms with E-state index in [4.69, 9.17) is 10.00 Å². The van der Waals surface area contributed by atoms with Gasteiger partial charge in [0.2, 0.25) is 0 Å². The predicted molar refractivity (Wildman–Crippen MR) is 82.7 cm³/mol. The first-order chi connectivity index (χ1) is 9.83. The van der Waals surface area contributed by atoms with Crippen molar-refractivity contribution in [2.45, 2.75) is 6.61 Å². The van der Waals surface area contributed by atoms with Crippen LogP contribution in [0.5, 0.6) is 5.75 Å². The van der Waals surface area contributed by atoms with Crippen LogP contribution in [0.2, 0.25) is 0 Å². The average Bonchev–Trinajstić information content (AvgIpc) is 2.52. The van der Waals surface area contributed by atoms with Crippen LogP contribution in [0.25, 0.3) is 0 Å². The second-order valence-corrected chi connectivity index (χ2v) is 4.37. The molecule has 2 nitrogen and oxygen atoms in total. The molecule has 0 aliphatic rings. The fourth-order valence-electron chi connectivity index (χ4n) is 1.69. The highest BCUT2D eigenvalue weighted by Crippen LogP contribution is 2.20. The Morgan fingerprint density at radius 3 is 2.60 bits per heavy atom. The van der Waals surface area contributed by atoms with E-state index in [0.717, 1.165) is 11.1 Å². The van der Waals surface area contributed by atoms with Gasteiger partial charge >= 0.3 is 0 Å². The monoisotopic (exact) mass is 279 g/mol. The Labute approximate surface area is 124 Å². The van der Waals surface area contributed by atoms with Crippen molar-refractivity contribution in [3.8, 4) is 23.7 Å². The molecule has 0 fully saturated rings. The van der Waals surface area contributed by atoms with Gasteiger partial charge in [-0.3, -0.25) is 0 Å². The zero-order valence-corrected chi connectivity index (χ0v) is 11.7. The fraction of sp³-hybridized carbons (Fsp3) is 0.118. The van der Waals surface area contributed by atoms with E-state index in [9.17, 15) is 0 Å². The highest BCUT2D eigenvalue weighted by Gasteiger charge is 2.04. The smallest absolute Gasteiger partial charge is 0.138 e. The summed E-state index contributed by atoms with van der Waals surface area (Å²) in [5.41, 5.74) is 2.39. The summed E-state index contributed by atoms with van der Waals surface area (Å²) in [6.07, 6.45) is 0. The summed E-state index contributed by atoms with van der Waals surface area (Å²) >= 11 is 4.05. The molecule has 0 bridgehead atoms. The Kier molecular flexibility index (Phi) is 5.12. The first kappa shape index (κ1) is 14.1. The molecule has 0 saturated carbocycles. The van der Waals surface area contributed by atoms with Crippen molar-refractivity contribution in [3.05, 3.63) is 65.2 Å². The van der Waals surface area contributed by atoms with Gasteiger partial charge in [0.1, 0.15) is 18.4 Å². The van der Waals surface area contributed by atoms with Gasteiger partial charge in [-0.25, -0.2) is 0 Å². The second kappa shape index (κ2) is 7.28. The molecule has 98 valence electrons. The maximum absolute atomic E-state index is 9.10. The summed E-state index contributed by atoms with van der Waals surface area (Å²) in [6.45, 7) is 0.430. The predicted octanol–water partition coefficient (Wildman–Crippen LogP) is 3.42. The largest absolute Gasteiger partial charge is 0.487 e. The Morgan fingerprint density at radius 1 is 1.10 bits per heavy atom. The van der Waals surface area contributed by atoms with Crippen molar-refractivity contribution in [1.82, 2.24) is 0 Å². The summed E-state index contributed by atoms with van der Waals surface area (Å²) in [7, 11) is 0. The molecular formula is C17H13NOS. The molecule has 0 amide bonds. The van der Waals surface area contributed by atoms with E-state index in [0.29, 0.717) is 23.7 Å². The molecule has 0 radical (unpaired) electrons. The first-order valence-electron chi connectivity index (χ1n) is 6.14. The molecule has 20 heavy (non-hydrogen) atoms. The Hall–Kier alpha value is -2.36. The molecule has 0 N–H and O–H groups in total. The van der Waals surface area contributed by atoms with E-state index < -0.39 is 0 Å². The molecule has 0 aromatic heterocycles. The van der Waals surface area contributed by atoms with E-state index in [1.54, 1.807) is 12.1 Å². The highest BCUT2D eigenvalue weighted by atomic mass is 32.1. The number of rotatable bonds is 3. The van der Waals surface area contributed by atoms with E-state index in [1.165, 1.54) is 0 Å². The maximum atomic E-state index is 9.10. The third-order valence-electron chi connectivity index (χ3n) is 2.65. The van der Waals surface area contributed by atoms with Crippen LogP contribution in [0.15, 0.2) is 48.5 Å². The van der Waals surface area contributed by atoms with Crippen LogP contribution in [0.3, 0.4) is 0 Å². The zero-order chi connectivity index (χ0) is 14.2. The third kappa shape index (κ3) is 3.82. The van der Waals surface area contributed by atoms with Crippen LogP contribution in [-0.4, -0.2) is 5.75 Å². The molecule has 0 aliphatic carbocycles. The van der Waals surface area contributed by atoms with E-state index in [2.05, 4.69) is 30.5 Å². The molecule has 0 heterocycles. The van der Waals surface area contributed by atoms with Gasteiger partial charge in [0.25, 0.3) is 0 Å². The number of nitriles is 1. The lowest BCUT2D eigenvalue weighted by atomic mass is 10.1. The topological polar surface area (TPSA) is 33.0 Å². The molecule has 3 heteroatoms. The second-order valence-electron chi connectivity index (χ2n) is 4.06. The van der Waals surface area contributed by atoms with Gasteiger partial charge in [-0.2, -0.15) is 17.9 Å². The maximum Gasteiger partial charge on any atom is 0.138 e. The Bertz CT molecular complexity index is 678. The van der Waals surface area contributed by atoms with Crippen LogP contribution < -0.4 is 4.74 Å². The Balaban J connectivity index is 2.19. The lowest BCUT2D eigenvalue weighted by Gasteiger charge is -2.08. The number of ether oxygens (including phenoxy) is 1. The van der Waals surface area contributed by atoms with E-state index >= 15 is 0 Å². The van der Waals surface area contributed by atoms with Gasteiger partial charge in [0.15, 0.2) is 0 Å². The molecular weight excluding hydrogens is 266 g/mol. The van der Waals surface area contributed by atoms with Crippen LogP contribution in [0.4, 0.5) is 0 Å². The minimum atomic E-state index is 0.430. The van der Waals surface area contributed by atoms with Gasteiger partial charge < -0.3 is 4.74 Å². The van der Waals surface area contributed by atoms with Crippen LogP contribution in [-0.2, 0) is 6.61 Å². The fourth-order valence-corrected chi connectivity index (χ4v) is 1.77. The molecule has 0 atom stereocenters. The summed E-state index contributed by atoms with van der Waals surface area (Å²) in [5, 5.41) is 9.10. The van der Waals surface area contributed by atoms with Gasteiger partial charge in [-0.05, 0) is 23.8 Å². The molecule has 2 aromatic rings. The van der Waals surface area contributed by atoms with Gasteiger partial charge in [0.05, 0.1) is 11.3 Å². The molecule has 0 spiro atoms.